The number of ether oxygens (including phenoxy) is 2. The van der Waals surface area contributed by atoms with Crippen molar-refractivity contribution in [3.63, 3.8) is 0 Å². The van der Waals surface area contributed by atoms with Gasteiger partial charge in [-0.2, -0.15) is 0 Å². The second kappa shape index (κ2) is 7.64. The highest BCUT2D eigenvalue weighted by atomic mass is 16.5. The van der Waals surface area contributed by atoms with Crippen LogP contribution < -0.4 is 4.74 Å². The maximum Gasteiger partial charge on any atom is 0.329 e. The summed E-state index contributed by atoms with van der Waals surface area (Å²) < 4.78 is 10.3. The number of Topliss-reactive ketones (excluding diaryl/α,β-unsaturated/α-hetero) is 1. The highest BCUT2D eigenvalue weighted by Crippen LogP contribution is 2.25. The van der Waals surface area contributed by atoms with E-state index in [2.05, 4.69) is 0 Å². The summed E-state index contributed by atoms with van der Waals surface area (Å²) in [7, 11) is 1.52. The minimum Gasteiger partial charge on any atom is -0.497 e. The molecule has 1 heterocycles. The van der Waals surface area contributed by atoms with Crippen molar-refractivity contribution in [2.24, 2.45) is 0 Å². The van der Waals surface area contributed by atoms with Crippen LogP contribution in [-0.4, -0.2) is 47.7 Å². The predicted molar refractivity (Wildman–Crippen MR) is 99.3 cm³/mol. The number of imide groups is 1. The number of benzene rings is 2. The summed E-state index contributed by atoms with van der Waals surface area (Å²) in [5.41, 5.74) is 0.846. The van der Waals surface area contributed by atoms with E-state index in [-0.39, 0.29) is 11.1 Å². The van der Waals surface area contributed by atoms with Gasteiger partial charge in [0.05, 0.1) is 18.2 Å². The maximum atomic E-state index is 12.5. The molecule has 144 valence electrons. The lowest BCUT2D eigenvalue weighted by Crippen LogP contribution is -2.45. The zero-order valence-corrected chi connectivity index (χ0v) is 15.7. The van der Waals surface area contributed by atoms with E-state index in [1.54, 1.807) is 36.4 Å². The number of amides is 2. The van der Waals surface area contributed by atoms with Gasteiger partial charge in [-0.3, -0.25) is 19.3 Å². The zero-order chi connectivity index (χ0) is 20.4. The Morgan fingerprint density at radius 2 is 1.43 bits per heavy atom. The van der Waals surface area contributed by atoms with E-state index >= 15 is 0 Å². The van der Waals surface area contributed by atoms with Crippen molar-refractivity contribution in [2.75, 3.05) is 7.11 Å². The van der Waals surface area contributed by atoms with Gasteiger partial charge in [-0.1, -0.05) is 12.1 Å². The Labute approximate surface area is 161 Å². The van der Waals surface area contributed by atoms with Gasteiger partial charge in [0.15, 0.2) is 6.10 Å². The Morgan fingerprint density at radius 1 is 0.893 bits per heavy atom. The van der Waals surface area contributed by atoms with E-state index in [4.69, 9.17) is 9.47 Å². The summed E-state index contributed by atoms with van der Waals surface area (Å²) in [4.78, 5) is 50.7. The summed E-state index contributed by atoms with van der Waals surface area (Å²) in [6.45, 7) is 2.84. The number of rotatable bonds is 6. The minimum absolute atomic E-state index is 0.245. The molecule has 0 fully saturated rings. The fourth-order valence-electron chi connectivity index (χ4n) is 2.98. The second-order valence-corrected chi connectivity index (χ2v) is 6.37. The molecule has 7 heteroatoms. The number of fused-ring (bicyclic) bond motifs is 1. The average molecular weight is 381 g/mol. The first-order valence-corrected chi connectivity index (χ1v) is 8.70. The lowest BCUT2D eigenvalue weighted by atomic mass is 10.1. The topological polar surface area (TPSA) is 90.0 Å². The molecule has 28 heavy (non-hydrogen) atoms. The monoisotopic (exact) mass is 381 g/mol. The molecule has 0 saturated heterocycles. The average Bonchev–Trinajstić information content (AvgIpc) is 2.97. The molecular weight excluding hydrogens is 362 g/mol. The van der Waals surface area contributed by atoms with E-state index in [0.29, 0.717) is 11.3 Å². The van der Waals surface area contributed by atoms with Crippen LogP contribution in [-0.2, 0) is 9.53 Å². The van der Waals surface area contributed by atoms with Crippen LogP contribution in [0.25, 0.3) is 0 Å². The number of nitrogens with zero attached hydrogens (tertiary/aromatic N) is 1. The number of methoxy groups -OCH3 is 1. The summed E-state index contributed by atoms with van der Waals surface area (Å²) in [5, 5.41) is 0. The maximum absolute atomic E-state index is 12.5. The first-order chi connectivity index (χ1) is 13.3. The Balaban J connectivity index is 1.69. The standard InChI is InChI=1S/C21H19NO6/c1-12(22-19(24)16-6-4-5-7-17(16)20(22)25)21(26)28-13(2)18(23)14-8-10-15(27-3)11-9-14/h4-13H,1-3H3/t12-,13+/m1/s1. The van der Waals surface area contributed by atoms with Gasteiger partial charge in [0.1, 0.15) is 11.8 Å². The lowest BCUT2D eigenvalue weighted by molar-refractivity contribution is -0.150. The smallest absolute Gasteiger partial charge is 0.329 e. The highest BCUT2D eigenvalue weighted by Gasteiger charge is 2.41. The molecule has 0 radical (unpaired) electrons. The van der Waals surface area contributed by atoms with E-state index in [0.717, 1.165) is 4.90 Å². The quantitative estimate of drug-likeness (QED) is 0.434. The van der Waals surface area contributed by atoms with Crippen LogP contribution in [0.15, 0.2) is 48.5 Å². The molecule has 2 aromatic rings. The fraction of sp³-hybridized carbons (Fsp3) is 0.238. The van der Waals surface area contributed by atoms with Crippen LogP contribution in [0.4, 0.5) is 0 Å². The molecule has 0 saturated carbocycles. The molecule has 3 rings (SSSR count). The van der Waals surface area contributed by atoms with Gasteiger partial charge < -0.3 is 9.47 Å². The Bertz CT molecular complexity index is 915. The fourth-order valence-corrected chi connectivity index (χ4v) is 2.98. The number of esters is 1. The van der Waals surface area contributed by atoms with Crippen LogP contribution in [0.2, 0.25) is 0 Å². The third-order valence-corrected chi connectivity index (χ3v) is 4.59. The van der Waals surface area contributed by atoms with Gasteiger partial charge in [-0.15, -0.1) is 0 Å². The van der Waals surface area contributed by atoms with Crippen LogP contribution in [0, 0.1) is 0 Å². The molecule has 7 nitrogen and oxygen atoms in total. The number of hydrogen-bond donors (Lipinski definition) is 0. The molecule has 1 aliphatic rings. The normalized spacial score (nSPS) is 15.0. The van der Waals surface area contributed by atoms with E-state index in [1.165, 1.54) is 33.1 Å². The van der Waals surface area contributed by atoms with Crippen LogP contribution in [0.3, 0.4) is 0 Å². The first kappa shape index (κ1) is 19.3. The van der Waals surface area contributed by atoms with E-state index in [9.17, 15) is 19.2 Å². The molecule has 2 amide bonds. The summed E-state index contributed by atoms with van der Waals surface area (Å²) in [5.74, 6) is -1.74. The molecular formula is C21H19NO6. The van der Waals surface area contributed by atoms with Crippen molar-refractivity contribution < 1.29 is 28.7 Å². The Kier molecular flexibility index (Phi) is 5.26. The number of ketones is 1. The van der Waals surface area contributed by atoms with E-state index < -0.39 is 35.7 Å². The molecule has 2 atom stereocenters. The third-order valence-electron chi connectivity index (χ3n) is 4.59. The number of carbonyl (C=O) groups excluding carboxylic acids is 4. The molecule has 0 aromatic heterocycles. The van der Waals surface area contributed by atoms with Gasteiger partial charge in [0.25, 0.3) is 11.8 Å². The summed E-state index contributed by atoms with van der Waals surface area (Å²) >= 11 is 0. The number of carbonyl (C=O) groups is 4. The molecule has 0 aliphatic carbocycles. The zero-order valence-electron chi connectivity index (χ0n) is 15.7. The van der Waals surface area contributed by atoms with Crippen LogP contribution in [0.1, 0.15) is 44.9 Å². The van der Waals surface area contributed by atoms with Crippen molar-refractivity contribution in [3.05, 3.63) is 65.2 Å². The first-order valence-electron chi connectivity index (χ1n) is 8.70. The van der Waals surface area contributed by atoms with Crippen LogP contribution >= 0.6 is 0 Å². The molecule has 0 bridgehead atoms. The molecule has 0 spiro atoms. The van der Waals surface area contributed by atoms with E-state index in [1.807, 2.05) is 0 Å². The molecule has 1 aliphatic heterocycles. The van der Waals surface area contributed by atoms with Crippen LogP contribution in [0.5, 0.6) is 5.75 Å². The third kappa shape index (κ3) is 3.38. The molecule has 0 N–H and O–H groups in total. The lowest BCUT2D eigenvalue weighted by Gasteiger charge is -2.22. The summed E-state index contributed by atoms with van der Waals surface area (Å²) in [6, 6.07) is 11.6. The predicted octanol–water partition coefficient (Wildman–Crippen LogP) is 2.49. The SMILES string of the molecule is COc1ccc(C(=O)[C@H](C)OC(=O)[C@@H](C)N2C(=O)c3ccccc3C2=O)cc1. The Morgan fingerprint density at radius 3 is 1.93 bits per heavy atom. The molecule has 0 unspecified atom stereocenters. The van der Waals surface area contributed by atoms with Gasteiger partial charge >= 0.3 is 5.97 Å². The van der Waals surface area contributed by atoms with Gasteiger partial charge in [-0.05, 0) is 50.2 Å². The van der Waals surface area contributed by atoms with Gasteiger partial charge in [-0.25, -0.2) is 4.79 Å². The van der Waals surface area contributed by atoms with Crippen molar-refractivity contribution in [2.45, 2.75) is 26.0 Å². The van der Waals surface area contributed by atoms with Crippen molar-refractivity contribution in [1.82, 2.24) is 4.90 Å². The van der Waals surface area contributed by atoms with Crippen molar-refractivity contribution in [3.8, 4) is 5.75 Å². The highest BCUT2D eigenvalue weighted by molar-refractivity contribution is 6.22. The minimum atomic E-state index is -1.15. The Hall–Kier alpha value is -3.48. The van der Waals surface area contributed by atoms with Crippen molar-refractivity contribution in [1.29, 1.82) is 0 Å². The van der Waals surface area contributed by atoms with Gasteiger partial charge in [0, 0.05) is 5.56 Å². The van der Waals surface area contributed by atoms with Gasteiger partial charge in [0.2, 0.25) is 5.78 Å². The van der Waals surface area contributed by atoms with Crippen molar-refractivity contribution >= 4 is 23.6 Å². The largest absolute Gasteiger partial charge is 0.497 e. The number of hydrogen-bond acceptors (Lipinski definition) is 6. The second-order valence-electron chi connectivity index (χ2n) is 6.37. The summed E-state index contributed by atoms with van der Waals surface area (Å²) in [6.07, 6.45) is -1.07. The molecule has 2 aromatic carbocycles.